The molecule has 0 saturated carbocycles. The van der Waals surface area contributed by atoms with E-state index in [1.165, 1.54) is 9.13 Å². The van der Waals surface area contributed by atoms with Crippen molar-refractivity contribution in [1.29, 1.82) is 0 Å². The fourth-order valence-electron chi connectivity index (χ4n) is 5.01. The minimum atomic E-state index is -0.579. The Morgan fingerprint density at radius 1 is 0.750 bits per heavy atom. The van der Waals surface area contributed by atoms with Gasteiger partial charge in [-0.05, 0) is 52.0 Å². The molecule has 12 nitrogen and oxygen atoms in total. The first-order valence-electron chi connectivity index (χ1n) is 13.1. The van der Waals surface area contributed by atoms with Crippen LogP contribution in [0.2, 0.25) is 0 Å². The van der Waals surface area contributed by atoms with Gasteiger partial charge in [-0.25, -0.2) is 9.59 Å². The van der Waals surface area contributed by atoms with Crippen LogP contribution in [0.3, 0.4) is 0 Å². The number of hydrogen-bond donors (Lipinski definition) is 2. The van der Waals surface area contributed by atoms with Crippen molar-refractivity contribution in [3.8, 4) is 0 Å². The van der Waals surface area contributed by atoms with Crippen molar-refractivity contribution in [2.45, 2.75) is 38.8 Å². The number of rotatable bonds is 2. The van der Waals surface area contributed by atoms with Crippen LogP contribution in [0.15, 0.2) is 54.8 Å². The van der Waals surface area contributed by atoms with Crippen LogP contribution in [0.4, 0.5) is 11.4 Å². The maximum Gasteiger partial charge on any atom is 0.419 e. The molecule has 2 amide bonds. The Labute approximate surface area is 230 Å². The fraction of sp³-hybridized carbons (Fsp3) is 0.429. The van der Waals surface area contributed by atoms with Crippen LogP contribution in [0.1, 0.15) is 27.7 Å². The standard InChI is InChI=1S/2C14H17N3O3/c1-14(2)8-17(12(18)7-15-14)9-4-5-10-11(6-9)20-13(19)16(10)3;1-14(2)12(18)17(7-6-15-14)9-4-5-10-11(8-9)20-13(19)16(10)3/h4-6,15H,7-8H2,1-3H3;4-5,8,15H,6-7H2,1-3H3. The molecule has 6 rings (SSSR count). The third-order valence-electron chi connectivity index (χ3n) is 7.43. The molecule has 2 fully saturated rings. The number of benzene rings is 2. The number of nitrogens with zero attached hydrogens (tertiary/aromatic N) is 4. The van der Waals surface area contributed by atoms with E-state index in [9.17, 15) is 19.2 Å². The van der Waals surface area contributed by atoms with E-state index in [4.69, 9.17) is 8.83 Å². The molecule has 212 valence electrons. The van der Waals surface area contributed by atoms with Gasteiger partial charge in [-0.3, -0.25) is 18.7 Å². The largest absolute Gasteiger partial charge is 0.419 e. The van der Waals surface area contributed by atoms with Crippen molar-refractivity contribution in [1.82, 2.24) is 19.8 Å². The first-order chi connectivity index (χ1) is 18.8. The second-order valence-corrected chi connectivity index (χ2v) is 11.4. The van der Waals surface area contributed by atoms with Gasteiger partial charge < -0.3 is 29.3 Å². The van der Waals surface area contributed by atoms with Crippen LogP contribution in [0, 0.1) is 0 Å². The molecule has 4 heterocycles. The third kappa shape index (κ3) is 4.95. The number of oxazole rings is 2. The van der Waals surface area contributed by atoms with Gasteiger partial charge >= 0.3 is 11.5 Å². The minimum Gasteiger partial charge on any atom is -0.408 e. The number of nitrogens with one attached hydrogen (secondary N) is 2. The average molecular weight is 551 g/mol. The zero-order valence-electron chi connectivity index (χ0n) is 23.5. The average Bonchev–Trinajstić information content (AvgIpc) is 3.35. The lowest BCUT2D eigenvalue weighted by Crippen LogP contribution is -2.61. The number of carbonyl (C=O) groups excluding carboxylic acids is 2. The predicted octanol–water partition coefficient (Wildman–Crippen LogP) is 1.69. The van der Waals surface area contributed by atoms with E-state index in [-0.39, 0.29) is 17.4 Å². The number of hydrogen-bond acceptors (Lipinski definition) is 8. The summed E-state index contributed by atoms with van der Waals surface area (Å²) in [6.07, 6.45) is 0. The zero-order valence-corrected chi connectivity index (χ0v) is 23.5. The van der Waals surface area contributed by atoms with E-state index >= 15 is 0 Å². The molecule has 40 heavy (non-hydrogen) atoms. The van der Waals surface area contributed by atoms with Crippen molar-refractivity contribution >= 4 is 45.4 Å². The highest BCUT2D eigenvalue weighted by atomic mass is 16.4. The van der Waals surface area contributed by atoms with Crippen LogP contribution in [-0.4, -0.2) is 58.2 Å². The summed E-state index contributed by atoms with van der Waals surface area (Å²) in [5.41, 5.74) is 3.24. The van der Waals surface area contributed by atoms with E-state index in [0.29, 0.717) is 30.8 Å². The number of piperazine rings is 2. The summed E-state index contributed by atoms with van der Waals surface area (Å²) in [6, 6.07) is 10.8. The monoisotopic (exact) mass is 550 g/mol. The number of amides is 2. The quantitative estimate of drug-likeness (QED) is 0.385. The van der Waals surface area contributed by atoms with Gasteiger partial charge in [0, 0.05) is 62.8 Å². The summed E-state index contributed by atoms with van der Waals surface area (Å²) in [4.78, 5) is 50.9. The summed E-state index contributed by atoms with van der Waals surface area (Å²) in [5, 5.41) is 6.38. The fourth-order valence-corrected chi connectivity index (χ4v) is 5.01. The molecule has 2 aromatic heterocycles. The lowest BCUT2D eigenvalue weighted by molar-refractivity contribution is -0.125. The first kappa shape index (κ1) is 27.4. The van der Waals surface area contributed by atoms with E-state index < -0.39 is 17.1 Å². The predicted molar refractivity (Wildman–Crippen MR) is 152 cm³/mol. The van der Waals surface area contributed by atoms with Gasteiger partial charge in [-0.1, -0.05) is 0 Å². The van der Waals surface area contributed by atoms with E-state index in [1.807, 2.05) is 39.8 Å². The Bertz CT molecular complexity index is 1650. The topological polar surface area (TPSA) is 135 Å². The molecule has 2 aliphatic rings. The number of carbonyl (C=O) groups is 2. The number of aromatic nitrogens is 2. The van der Waals surface area contributed by atoms with Crippen LogP contribution >= 0.6 is 0 Å². The number of fused-ring (bicyclic) bond motifs is 2. The highest BCUT2D eigenvalue weighted by Crippen LogP contribution is 2.26. The molecule has 2 aromatic carbocycles. The van der Waals surface area contributed by atoms with Crippen molar-refractivity contribution in [2.75, 3.05) is 36.0 Å². The molecule has 2 N–H and O–H groups in total. The number of aryl methyl sites for hydroxylation is 2. The van der Waals surface area contributed by atoms with Crippen LogP contribution < -0.4 is 31.9 Å². The Morgan fingerprint density at radius 2 is 1.27 bits per heavy atom. The molecule has 0 spiro atoms. The van der Waals surface area contributed by atoms with Crippen molar-refractivity contribution in [2.24, 2.45) is 14.1 Å². The molecule has 0 atom stereocenters. The van der Waals surface area contributed by atoms with Gasteiger partial charge in [0.05, 0.1) is 23.1 Å². The lowest BCUT2D eigenvalue weighted by atomic mass is 10.0. The molecule has 0 radical (unpaired) electrons. The minimum absolute atomic E-state index is 0.0152. The summed E-state index contributed by atoms with van der Waals surface area (Å²) in [7, 11) is 3.32. The van der Waals surface area contributed by atoms with E-state index in [0.717, 1.165) is 29.0 Å². The number of anilines is 2. The molecule has 12 heteroatoms. The maximum atomic E-state index is 12.4. The Kier molecular flexibility index (Phi) is 6.71. The van der Waals surface area contributed by atoms with Crippen LogP contribution in [0.5, 0.6) is 0 Å². The van der Waals surface area contributed by atoms with E-state index in [1.54, 1.807) is 48.2 Å². The smallest absolute Gasteiger partial charge is 0.408 e. The Hall–Kier alpha value is -4.16. The van der Waals surface area contributed by atoms with Crippen molar-refractivity contribution in [3.63, 3.8) is 0 Å². The molecular formula is C28H34N6O6. The van der Waals surface area contributed by atoms with Gasteiger partial charge in [0.2, 0.25) is 11.8 Å². The molecule has 0 aliphatic carbocycles. The van der Waals surface area contributed by atoms with Gasteiger partial charge in [0.25, 0.3) is 0 Å². The molecular weight excluding hydrogens is 516 g/mol. The normalized spacial score (nSPS) is 18.8. The third-order valence-corrected chi connectivity index (χ3v) is 7.43. The van der Waals surface area contributed by atoms with Crippen LogP contribution in [0.25, 0.3) is 22.2 Å². The van der Waals surface area contributed by atoms with Gasteiger partial charge in [0.15, 0.2) is 11.2 Å². The van der Waals surface area contributed by atoms with Crippen LogP contribution in [-0.2, 0) is 23.7 Å². The SMILES string of the molecule is Cn1c(=O)oc2cc(N3CC(C)(C)NCC3=O)ccc21.Cn1c(=O)oc2cc(N3CCNC(C)(C)C3=O)ccc21. The Balaban J connectivity index is 0.000000161. The second-order valence-electron chi connectivity index (χ2n) is 11.4. The van der Waals surface area contributed by atoms with Crippen molar-refractivity contribution < 1.29 is 18.4 Å². The first-order valence-corrected chi connectivity index (χ1v) is 13.1. The summed E-state index contributed by atoms with van der Waals surface area (Å²) >= 11 is 0. The highest BCUT2D eigenvalue weighted by Gasteiger charge is 2.36. The summed E-state index contributed by atoms with van der Waals surface area (Å²) < 4.78 is 13.2. The summed E-state index contributed by atoms with van der Waals surface area (Å²) in [6.45, 7) is 10.0. The Morgan fingerprint density at radius 3 is 1.82 bits per heavy atom. The zero-order chi connectivity index (χ0) is 29.0. The molecule has 2 aliphatic heterocycles. The highest BCUT2D eigenvalue weighted by molar-refractivity contribution is 6.01. The second kappa shape index (κ2) is 9.79. The lowest BCUT2D eigenvalue weighted by Gasteiger charge is -2.38. The molecule has 0 bridgehead atoms. The molecule has 4 aromatic rings. The molecule has 2 saturated heterocycles. The molecule has 0 unspecified atom stereocenters. The van der Waals surface area contributed by atoms with Crippen molar-refractivity contribution in [3.05, 3.63) is 57.5 Å². The van der Waals surface area contributed by atoms with E-state index in [2.05, 4.69) is 10.6 Å². The van der Waals surface area contributed by atoms with Gasteiger partial charge in [-0.15, -0.1) is 0 Å². The van der Waals surface area contributed by atoms with Gasteiger partial charge in [-0.2, -0.15) is 0 Å². The summed E-state index contributed by atoms with van der Waals surface area (Å²) in [5.74, 6) is -0.767. The maximum absolute atomic E-state index is 12.4. The van der Waals surface area contributed by atoms with Gasteiger partial charge in [0.1, 0.15) is 0 Å².